The quantitative estimate of drug-likeness (QED) is 0.323. The predicted octanol–water partition coefficient (Wildman–Crippen LogP) is 6.63. The van der Waals surface area contributed by atoms with Crippen LogP contribution in [0.1, 0.15) is 37.5 Å². The number of rotatable bonds is 7. The van der Waals surface area contributed by atoms with Crippen molar-refractivity contribution in [1.82, 2.24) is 4.98 Å². The number of hydrogen-bond donors (Lipinski definition) is 0. The van der Waals surface area contributed by atoms with Crippen LogP contribution in [-0.2, 0) is 22.5 Å². The molecule has 4 aromatic rings. The van der Waals surface area contributed by atoms with Gasteiger partial charge in [0.1, 0.15) is 5.75 Å². The van der Waals surface area contributed by atoms with Gasteiger partial charge in [-0.2, -0.15) is 0 Å². The molecule has 5 rings (SSSR count). The molecule has 1 aliphatic rings. The summed E-state index contributed by atoms with van der Waals surface area (Å²) in [5.41, 5.74) is 6.65. The second kappa shape index (κ2) is 8.77. The van der Waals surface area contributed by atoms with E-state index in [1.807, 2.05) is 13.1 Å². The largest absolute Gasteiger partial charge is 0.493 e. The molecule has 0 amide bonds. The number of fused-ring (bicyclic) bond motifs is 1. The van der Waals surface area contributed by atoms with Gasteiger partial charge in [-0.1, -0.05) is 30.3 Å². The number of aromatic nitrogens is 1. The summed E-state index contributed by atoms with van der Waals surface area (Å²) in [5, 5.41) is 3.57. The summed E-state index contributed by atoms with van der Waals surface area (Å²) in [5.74, 6) is 0.927. The second-order valence-corrected chi connectivity index (χ2v) is 9.36. The van der Waals surface area contributed by atoms with Crippen molar-refractivity contribution in [3.05, 3.63) is 71.4 Å². The third kappa shape index (κ3) is 4.09. The lowest BCUT2D eigenvalue weighted by Gasteiger charge is -2.27. The van der Waals surface area contributed by atoms with E-state index in [0.29, 0.717) is 26.4 Å². The van der Waals surface area contributed by atoms with Crippen molar-refractivity contribution in [2.45, 2.75) is 46.3 Å². The minimum atomic E-state index is -0.378. The lowest BCUT2D eigenvalue weighted by molar-refractivity contribution is -0.0814. The van der Waals surface area contributed by atoms with E-state index in [1.54, 1.807) is 0 Å². The van der Waals surface area contributed by atoms with Crippen molar-refractivity contribution in [3.8, 4) is 16.9 Å². The van der Waals surface area contributed by atoms with Crippen molar-refractivity contribution >= 4 is 21.7 Å². The molecule has 0 N–H and O–H groups in total. The maximum Gasteiger partial charge on any atom is 0.129 e. The molecule has 4 heteroatoms. The summed E-state index contributed by atoms with van der Waals surface area (Å²) in [6, 6.07) is 17.2. The second-order valence-electron chi connectivity index (χ2n) is 9.36. The average molecular weight is 442 g/mol. The summed E-state index contributed by atoms with van der Waals surface area (Å²) in [4.78, 5) is 4.85. The number of hydrogen-bond acceptors (Lipinski definition) is 4. The third-order valence-electron chi connectivity index (χ3n) is 6.48. The molecule has 0 aliphatic carbocycles. The highest BCUT2D eigenvalue weighted by atomic mass is 16.5. The highest BCUT2D eigenvalue weighted by molar-refractivity contribution is 6.07. The van der Waals surface area contributed by atoms with Crippen molar-refractivity contribution in [2.75, 3.05) is 19.8 Å². The van der Waals surface area contributed by atoms with Gasteiger partial charge in [-0.05, 0) is 78.9 Å². The van der Waals surface area contributed by atoms with Crippen molar-refractivity contribution < 1.29 is 14.2 Å². The predicted molar refractivity (Wildman–Crippen MR) is 134 cm³/mol. The van der Waals surface area contributed by atoms with Crippen LogP contribution < -0.4 is 4.74 Å². The van der Waals surface area contributed by atoms with E-state index < -0.39 is 0 Å². The third-order valence-corrected chi connectivity index (χ3v) is 6.48. The Morgan fingerprint density at radius 1 is 1.09 bits per heavy atom. The van der Waals surface area contributed by atoms with E-state index in [4.69, 9.17) is 19.2 Å². The highest BCUT2D eigenvalue weighted by Gasteiger charge is 2.24. The number of benzene rings is 3. The Labute approximate surface area is 195 Å². The average Bonchev–Trinajstić information content (AvgIpc) is 2.82. The fourth-order valence-corrected chi connectivity index (χ4v) is 4.78. The van der Waals surface area contributed by atoms with Gasteiger partial charge in [0.05, 0.1) is 30.9 Å². The maximum absolute atomic E-state index is 6.43. The zero-order valence-corrected chi connectivity index (χ0v) is 19.9. The summed E-state index contributed by atoms with van der Waals surface area (Å²) in [6.45, 7) is 10.8. The number of ether oxygens (including phenoxy) is 3. The first-order chi connectivity index (χ1) is 16.0. The first-order valence-corrected chi connectivity index (χ1v) is 11.7. The smallest absolute Gasteiger partial charge is 0.129 e. The molecule has 0 saturated carbocycles. The molecule has 0 unspecified atom stereocenters. The standard InChI is InChI=1S/C29H31NO3/c1-5-31-18-29(3,4)33-17-24-19(2)16-21-8-6-7-9-22(21)27(24)23-10-11-25-26-20(13-15-32-25)12-14-30-28(23)26/h6-12,14,16H,5,13,15,17-18H2,1-4H3. The Bertz CT molecular complexity index is 1320. The Kier molecular flexibility index (Phi) is 5.81. The van der Waals surface area contributed by atoms with Gasteiger partial charge >= 0.3 is 0 Å². The fraction of sp³-hybridized carbons (Fsp3) is 0.345. The molecule has 1 aromatic heterocycles. The van der Waals surface area contributed by atoms with Gasteiger partial charge in [0.25, 0.3) is 0 Å². The van der Waals surface area contributed by atoms with Crippen molar-refractivity contribution in [1.29, 1.82) is 0 Å². The van der Waals surface area contributed by atoms with Gasteiger partial charge < -0.3 is 14.2 Å². The molecule has 0 spiro atoms. The number of nitrogens with zero attached hydrogens (tertiary/aromatic N) is 1. The van der Waals surface area contributed by atoms with Crippen LogP contribution in [0.4, 0.5) is 0 Å². The van der Waals surface area contributed by atoms with Crippen LogP contribution in [-0.4, -0.2) is 30.4 Å². The summed E-state index contributed by atoms with van der Waals surface area (Å²) in [7, 11) is 0. The number of pyridine rings is 1. The SMILES string of the molecule is CCOCC(C)(C)OCc1c(C)cc2ccccc2c1-c1ccc2c3c(ccnc13)CCO2. The summed E-state index contributed by atoms with van der Waals surface area (Å²) in [6.07, 6.45) is 2.83. The molecule has 0 bridgehead atoms. The van der Waals surface area contributed by atoms with E-state index in [0.717, 1.165) is 28.6 Å². The molecule has 170 valence electrons. The zero-order chi connectivity index (χ0) is 23.0. The summed E-state index contributed by atoms with van der Waals surface area (Å²) < 4.78 is 18.1. The molecule has 0 radical (unpaired) electrons. The van der Waals surface area contributed by atoms with Gasteiger partial charge in [0, 0.05) is 30.2 Å². The van der Waals surface area contributed by atoms with Crippen LogP contribution in [0.15, 0.2) is 54.7 Å². The molecule has 0 atom stereocenters. The van der Waals surface area contributed by atoms with Crippen LogP contribution >= 0.6 is 0 Å². The van der Waals surface area contributed by atoms with Crippen molar-refractivity contribution in [3.63, 3.8) is 0 Å². The summed E-state index contributed by atoms with van der Waals surface area (Å²) >= 11 is 0. The van der Waals surface area contributed by atoms with Crippen LogP contribution in [0, 0.1) is 6.92 Å². The molecular formula is C29H31NO3. The Hall–Kier alpha value is -2.95. The Morgan fingerprint density at radius 2 is 1.94 bits per heavy atom. The van der Waals surface area contributed by atoms with E-state index in [9.17, 15) is 0 Å². The lowest BCUT2D eigenvalue weighted by atomic mass is 9.88. The topological polar surface area (TPSA) is 40.6 Å². The van der Waals surface area contributed by atoms with E-state index in [1.165, 1.54) is 33.0 Å². The molecule has 33 heavy (non-hydrogen) atoms. The number of aryl methyl sites for hydroxylation is 1. The Balaban J connectivity index is 1.71. The molecule has 0 saturated heterocycles. The fourth-order valence-electron chi connectivity index (χ4n) is 4.78. The first-order valence-electron chi connectivity index (χ1n) is 11.7. The van der Waals surface area contributed by atoms with Gasteiger partial charge in [-0.25, -0.2) is 0 Å². The van der Waals surface area contributed by atoms with Crippen LogP contribution in [0.2, 0.25) is 0 Å². The zero-order valence-electron chi connectivity index (χ0n) is 19.9. The Morgan fingerprint density at radius 3 is 2.79 bits per heavy atom. The molecule has 4 nitrogen and oxygen atoms in total. The highest BCUT2D eigenvalue weighted by Crippen LogP contribution is 2.42. The van der Waals surface area contributed by atoms with E-state index in [-0.39, 0.29) is 5.60 Å². The molecule has 2 heterocycles. The first kappa shape index (κ1) is 21.9. The van der Waals surface area contributed by atoms with Crippen LogP contribution in [0.3, 0.4) is 0 Å². The van der Waals surface area contributed by atoms with Crippen molar-refractivity contribution in [2.24, 2.45) is 0 Å². The molecular weight excluding hydrogens is 410 g/mol. The normalized spacial score (nSPS) is 13.5. The van der Waals surface area contributed by atoms with Gasteiger partial charge in [0.15, 0.2) is 0 Å². The van der Waals surface area contributed by atoms with Gasteiger partial charge in [-0.15, -0.1) is 0 Å². The maximum atomic E-state index is 6.43. The molecule has 1 aliphatic heterocycles. The minimum Gasteiger partial charge on any atom is -0.493 e. The molecule has 3 aromatic carbocycles. The molecule has 0 fully saturated rings. The van der Waals surface area contributed by atoms with Crippen LogP contribution in [0.5, 0.6) is 5.75 Å². The lowest BCUT2D eigenvalue weighted by Crippen LogP contribution is -2.30. The minimum absolute atomic E-state index is 0.378. The van der Waals surface area contributed by atoms with Crippen LogP contribution in [0.25, 0.3) is 32.8 Å². The van der Waals surface area contributed by atoms with E-state index >= 15 is 0 Å². The van der Waals surface area contributed by atoms with Gasteiger partial charge in [0.2, 0.25) is 0 Å². The monoisotopic (exact) mass is 441 g/mol. The van der Waals surface area contributed by atoms with E-state index in [2.05, 4.69) is 69.3 Å². The van der Waals surface area contributed by atoms with Gasteiger partial charge in [-0.3, -0.25) is 4.98 Å².